The fraction of sp³-hybridized carbons (Fsp3) is 1.00. The molecule has 3 atom stereocenters. The summed E-state index contributed by atoms with van der Waals surface area (Å²) in [5.74, 6) is 0. The van der Waals surface area contributed by atoms with Crippen molar-refractivity contribution in [1.29, 1.82) is 0 Å². The van der Waals surface area contributed by atoms with E-state index in [1.807, 2.05) is 0 Å². The first kappa shape index (κ1) is 10.1. The Morgan fingerprint density at radius 1 is 1.33 bits per heavy atom. The molecular weight excluding hydrogens is 188 g/mol. The van der Waals surface area contributed by atoms with E-state index in [-0.39, 0.29) is 5.54 Å². The zero-order chi connectivity index (χ0) is 10.5. The molecule has 3 heterocycles. The Bertz CT molecular complexity index is 254. The minimum absolute atomic E-state index is 0.278. The third kappa shape index (κ3) is 1.81. The van der Waals surface area contributed by atoms with Crippen LogP contribution in [0.3, 0.4) is 0 Å². The van der Waals surface area contributed by atoms with E-state index in [0.717, 1.165) is 6.54 Å². The van der Waals surface area contributed by atoms with Crippen LogP contribution in [0.1, 0.15) is 33.1 Å². The second kappa shape index (κ2) is 3.44. The number of fused-ring (bicyclic) bond motifs is 2. The van der Waals surface area contributed by atoms with Gasteiger partial charge in [0.1, 0.15) is 0 Å². The van der Waals surface area contributed by atoms with Gasteiger partial charge in [-0.3, -0.25) is 4.90 Å². The molecule has 0 aromatic heterocycles. The Morgan fingerprint density at radius 3 is 2.80 bits per heavy atom. The zero-order valence-electron chi connectivity index (χ0n) is 9.83. The molecule has 3 aliphatic heterocycles. The number of piperazine rings is 1. The van der Waals surface area contributed by atoms with Crippen molar-refractivity contribution in [1.82, 2.24) is 10.2 Å². The molecule has 0 aliphatic carbocycles. The fourth-order valence-corrected chi connectivity index (χ4v) is 3.46. The summed E-state index contributed by atoms with van der Waals surface area (Å²) in [6, 6.07) is 0.713. The molecule has 15 heavy (non-hydrogen) atoms. The molecule has 0 aromatic carbocycles. The molecule has 3 unspecified atom stereocenters. The van der Waals surface area contributed by atoms with Crippen LogP contribution in [0.2, 0.25) is 0 Å². The SMILES string of the molecule is CC1(C)CN(C2CC3CCC2O3)CCN1. The maximum atomic E-state index is 5.94. The summed E-state index contributed by atoms with van der Waals surface area (Å²) in [5, 5.41) is 3.57. The summed E-state index contributed by atoms with van der Waals surface area (Å²) in [4.78, 5) is 2.65. The van der Waals surface area contributed by atoms with Crippen molar-refractivity contribution in [3.05, 3.63) is 0 Å². The van der Waals surface area contributed by atoms with Crippen molar-refractivity contribution in [3.8, 4) is 0 Å². The molecule has 1 N–H and O–H groups in total. The lowest BCUT2D eigenvalue weighted by Crippen LogP contribution is -2.60. The molecule has 3 heteroatoms. The predicted octanol–water partition coefficient (Wildman–Crippen LogP) is 0.990. The highest BCUT2D eigenvalue weighted by Gasteiger charge is 2.45. The van der Waals surface area contributed by atoms with Gasteiger partial charge in [-0.1, -0.05) is 0 Å². The van der Waals surface area contributed by atoms with Crippen LogP contribution in [0.5, 0.6) is 0 Å². The molecule has 3 rings (SSSR count). The topological polar surface area (TPSA) is 24.5 Å². The summed E-state index contributed by atoms with van der Waals surface area (Å²) in [6.45, 7) is 8.09. The van der Waals surface area contributed by atoms with E-state index in [0.29, 0.717) is 18.2 Å². The van der Waals surface area contributed by atoms with Crippen LogP contribution in [0.15, 0.2) is 0 Å². The van der Waals surface area contributed by atoms with E-state index in [2.05, 4.69) is 24.1 Å². The Morgan fingerprint density at radius 2 is 2.20 bits per heavy atom. The van der Waals surface area contributed by atoms with Crippen LogP contribution in [-0.4, -0.2) is 48.3 Å². The molecule has 2 bridgehead atoms. The van der Waals surface area contributed by atoms with E-state index < -0.39 is 0 Å². The molecule has 0 saturated carbocycles. The Balaban J connectivity index is 1.67. The smallest absolute Gasteiger partial charge is 0.0735 e. The number of hydrogen-bond acceptors (Lipinski definition) is 3. The minimum atomic E-state index is 0.278. The van der Waals surface area contributed by atoms with Crippen molar-refractivity contribution in [3.63, 3.8) is 0 Å². The van der Waals surface area contributed by atoms with Gasteiger partial charge >= 0.3 is 0 Å². The van der Waals surface area contributed by atoms with E-state index in [1.54, 1.807) is 0 Å². The highest BCUT2D eigenvalue weighted by atomic mass is 16.5. The van der Waals surface area contributed by atoms with Gasteiger partial charge in [0.2, 0.25) is 0 Å². The average Bonchev–Trinajstić information content (AvgIpc) is 2.76. The standard InChI is InChI=1S/C12H22N2O/c1-12(2)8-14(6-5-13-12)10-7-9-3-4-11(10)15-9/h9-11,13H,3-8H2,1-2H3. The van der Waals surface area contributed by atoms with Crippen molar-refractivity contribution in [2.24, 2.45) is 0 Å². The molecule has 0 radical (unpaired) electrons. The number of rotatable bonds is 1. The van der Waals surface area contributed by atoms with Gasteiger partial charge in [0.15, 0.2) is 0 Å². The molecule has 3 fully saturated rings. The van der Waals surface area contributed by atoms with Crippen LogP contribution in [0.4, 0.5) is 0 Å². The zero-order valence-corrected chi connectivity index (χ0v) is 9.83. The molecular formula is C12H22N2O. The van der Waals surface area contributed by atoms with Gasteiger partial charge < -0.3 is 10.1 Å². The van der Waals surface area contributed by atoms with Crippen LogP contribution < -0.4 is 5.32 Å². The highest BCUT2D eigenvalue weighted by molar-refractivity contribution is 4.99. The van der Waals surface area contributed by atoms with Crippen molar-refractivity contribution >= 4 is 0 Å². The third-order valence-electron chi connectivity index (χ3n) is 4.14. The predicted molar refractivity (Wildman–Crippen MR) is 60.0 cm³/mol. The lowest BCUT2D eigenvalue weighted by Gasteiger charge is -2.43. The quantitative estimate of drug-likeness (QED) is 0.698. The molecule has 0 spiro atoms. The first-order chi connectivity index (χ1) is 7.14. The van der Waals surface area contributed by atoms with Gasteiger partial charge in [0.05, 0.1) is 12.2 Å². The van der Waals surface area contributed by atoms with Gasteiger partial charge in [-0.05, 0) is 33.1 Å². The molecule has 86 valence electrons. The number of nitrogens with zero attached hydrogens (tertiary/aromatic N) is 1. The summed E-state index contributed by atoms with van der Waals surface area (Å²) in [7, 11) is 0. The van der Waals surface area contributed by atoms with E-state index in [1.165, 1.54) is 32.4 Å². The Hall–Kier alpha value is -0.120. The highest BCUT2D eigenvalue weighted by Crippen LogP contribution is 2.37. The van der Waals surface area contributed by atoms with E-state index >= 15 is 0 Å². The van der Waals surface area contributed by atoms with Crippen LogP contribution in [-0.2, 0) is 4.74 Å². The van der Waals surface area contributed by atoms with Crippen molar-refractivity contribution in [2.45, 2.75) is 56.9 Å². The molecule has 0 aromatic rings. The average molecular weight is 210 g/mol. The second-order valence-corrected chi connectivity index (χ2v) is 5.96. The normalized spacial score (nSPS) is 44.8. The Labute approximate surface area is 92.2 Å². The largest absolute Gasteiger partial charge is 0.373 e. The summed E-state index contributed by atoms with van der Waals surface area (Å²) in [6.07, 6.45) is 5.00. The summed E-state index contributed by atoms with van der Waals surface area (Å²) < 4.78 is 5.94. The molecule has 0 amide bonds. The van der Waals surface area contributed by atoms with Crippen LogP contribution >= 0.6 is 0 Å². The summed E-state index contributed by atoms with van der Waals surface area (Å²) >= 11 is 0. The third-order valence-corrected chi connectivity index (χ3v) is 4.14. The molecule has 3 aliphatic rings. The maximum absolute atomic E-state index is 5.94. The minimum Gasteiger partial charge on any atom is -0.373 e. The van der Waals surface area contributed by atoms with Gasteiger partial charge in [-0.25, -0.2) is 0 Å². The number of ether oxygens (including phenoxy) is 1. The summed E-state index contributed by atoms with van der Waals surface area (Å²) in [5.41, 5.74) is 0.278. The van der Waals surface area contributed by atoms with Crippen LogP contribution in [0, 0.1) is 0 Å². The second-order valence-electron chi connectivity index (χ2n) is 5.96. The first-order valence-electron chi connectivity index (χ1n) is 6.29. The van der Waals surface area contributed by atoms with Gasteiger partial charge in [0, 0.05) is 31.2 Å². The van der Waals surface area contributed by atoms with E-state index in [4.69, 9.17) is 4.74 Å². The van der Waals surface area contributed by atoms with Gasteiger partial charge in [-0.2, -0.15) is 0 Å². The Kier molecular flexibility index (Phi) is 2.31. The van der Waals surface area contributed by atoms with Gasteiger partial charge in [0.25, 0.3) is 0 Å². The van der Waals surface area contributed by atoms with Crippen molar-refractivity contribution < 1.29 is 4.74 Å². The number of nitrogens with one attached hydrogen (secondary N) is 1. The van der Waals surface area contributed by atoms with Crippen LogP contribution in [0.25, 0.3) is 0 Å². The lowest BCUT2D eigenvalue weighted by molar-refractivity contribution is 0.0475. The number of hydrogen-bond donors (Lipinski definition) is 1. The first-order valence-corrected chi connectivity index (χ1v) is 6.29. The lowest BCUT2D eigenvalue weighted by atomic mass is 9.91. The van der Waals surface area contributed by atoms with Crippen molar-refractivity contribution in [2.75, 3.05) is 19.6 Å². The maximum Gasteiger partial charge on any atom is 0.0735 e. The van der Waals surface area contributed by atoms with Gasteiger partial charge in [-0.15, -0.1) is 0 Å². The van der Waals surface area contributed by atoms with E-state index in [9.17, 15) is 0 Å². The molecule has 3 saturated heterocycles. The monoisotopic (exact) mass is 210 g/mol. The molecule has 3 nitrogen and oxygen atoms in total. The fourth-order valence-electron chi connectivity index (χ4n) is 3.46.